The number of aryl methyl sites for hydroxylation is 2. The van der Waals surface area contributed by atoms with Crippen LogP contribution in [0.1, 0.15) is 30.4 Å². The highest BCUT2D eigenvalue weighted by atomic mass is 16.5. The van der Waals surface area contributed by atoms with Crippen molar-refractivity contribution in [3.63, 3.8) is 0 Å². The van der Waals surface area contributed by atoms with Gasteiger partial charge in [0.2, 0.25) is 11.5 Å². The number of ketones is 1. The number of fused-ring (bicyclic) bond motifs is 1. The summed E-state index contributed by atoms with van der Waals surface area (Å²) < 4.78 is 17.0. The second-order valence-electron chi connectivity index (χ2n) is 6.17. The molecule has 22 heavy (non-hydrogen) atoms. The number of methoxy groups -OCH3 is 1. The molecule has 3 unspecified atom stereocenters. The van der Waals surface area contributed by atoms with E-state index in [1.54, 1.807) is 7.11 Å². The van der Waals surface area contributed by atoms with Crippen LogP contribution in [0.4, 0.5) is 0 Å². The number of benzene rings is 1. The Hall–Kier alpha value is -1.81. The molecule has 1 aliphatic heterocycles. The van der Waals surface area contributed by atoms with Crippen LogP contribution in [0.25, 0.3) is 0 Å². The maximum atomic E-state index is 12.6. The van der Waals surface area contributed by atoms with Crippen LogP contribution in [0.15, 0.2) is 30.2 Å². The molecule has 0 amide bonds. The Morgan fingerprint density at radius 2 is 2.05 bits per heavy atom. The highest BCUT2D eigenvalue weighted by Crippen LogP contribution is 2.35. The van der Waals surface area contributed by atoms with Gasteiger partial charge in [-0.2, -0.15) is 0 Å². The number of allylic oxidation sites excluding steroid dienone is 1. The van der Waals surface area contributed by atoms with Gasteiger partial charge >= 0.3 is 0 Å². The predicted octanol–water partition coefficient (Wildman–Crippen LogP) is 3.31. The zero-order chi connectivity index (χ0) is 15.7. The van der Waals surface area contributed by atoms with Crippen LogP contribution in [0, 0.1) is 19.8 Å². The van der Waals surface area contributed by atoms with Crippen molar-refractivity contribution in [3.8, 4) is 5.75 Å². The first-order valence-corrected chi connectivity index (χ1v) is 7.76. The number of ether oxygens (including phenoxy) is 3. The Morgan fingerprint density at radius 1 is 1.23 bits per heavy atom. The van der Waals surface area contributed by atoms with E-state index in [-0.39, 0.29) is 23.9 Å². The molecule has 1 saturated carbocycles. The molecule has 1 aromatic rings. The summed E-state index contributed by atoms with van der Waals surface area (Å²) in [5.74, 6) is 0.960. The first-order valence-electron chi connectivity index (χ1n) is 7.76. The summed E-state index contributed by atoms with van der Waals surface area (Å²) in [5, 5.41) is 0. The summed E-state index contributed by atoms with van der Waals surface area (Å²) in [7, 11) is 1.71. The molecule has 3 rings (SSSR count). The van der Waals surface area contributed by atoms with Crippen molar-refractivity contribution in [2.24, 2.45) is 5.92 Å². The molecule has 0 bridgehead atoms. The van der Waals surface area contributed by atoms with Gasteiger partial charge in [0, 0.05) is 13.5 Å². The highest BCUT2D eigenvalue weighted by Gasteiger charge is 2.41. The zero-order valence-corrected chi connectivity index (χ0v) is 13.3. The fourth-order valence-electron chi connectivity index (χ4n) is 3.16. The van der Waals surface area contributed by atoms with Crippen molar-refractivity contribution < 1.29 is 19.0 Å². The van der Waals surface area contributed by atoms with E-state index in [1.165, 1.54) is 6.26 Å². The first kappa shape index (κ1) is 15.1. The SMILES string of the molecule is COC1CCC2C(=O)C(Oc3cc(C)ccc3C)=COC2C1. The Balaban J connectivity index is 1.77. The van der Waals surface area contributed by atoms with E-state index in [1.807, 2.05) is 32.0 Å². The molecular weight excluding hydrogens is 280 g/mol. The van der Waals surface area contributed by atoms with Gasteiger partial charge in [-0.25, -0.2) is 0 Å². The van der Waals surface area contributed by atoms with Crippen molar-refractivity contribution in [2.45, 2.75) is 45.3 Å². The van der Waals surface area contributed by atoms with Gasteiger partial charge in [0.1, 0.15) is 18.1 Å². The summed E-state index contributed by atoms with van der Waals surface area (Å²) >= 11 is 0. The summed E-state index contributed by atoms with van der Waals surface area (Å²) in [5.41, 5.74) is 2.10. The average molecular weight is 302 g/mol. The Morgan fingerprint density at radius 3 is 2.82 bits per heavy atom. The molecule has 1 aromatic carbocycles. The van der Waals surface area contributed by atoms with Crippen LogP contribution in [0.3, 0.4) is 0 Å². The Kier molecular flexibility index (Phi) is 4.21. The minimum Gasteiger partial charge on any atom is -0.493 e. The number of Topliss-reactive ketones (excluding diaryl/α,β-unsaturated/α-hetero) is 1. The number of rotatable bonds is 3. The molecular formula is C18H22O4. The van der Waals surface area contributed by atoms with Crippen LogP contribution in [0.5, 0.6) is 5.75 Å². The molecule has 1 aliphatic carbocycles. The van der Waals surface area contributed by atoms with Gasteiger partial charge in [-0.05, 0) is 43.9 Å². The minimum absolute atomic E-state index is 0.0479. The quantitative estimate of drug-likeness (QED) is 0.859. The standard InChI is InChI=1S/C18H22O4/c1-11-4-5-12(2)15(8-11)22-17-10-21-16-9-13(20-3)6-7-14(16)18(17)19/h4-5,8,10,13-14,16H,6-7,9H2,1-3H3. The third-order valence-electron chi connectivity index (χ3n) is 4.57. The van der Waals surface area contributed by atoms with E-state index in [0.29, 0.717) is 11.5 Å². The summed E-state index contributed by atoms with van der Waals surface area (Å²) in [6.45, 7) is 3.97. The Labute approximate surface area is 131 Å². The van der Waals surface area contributed by atoms with Gasteiger partial charge in [-0.15, -0.1) is 0 Å². The van der Waals surface area contributed by atoms with E-state index >= 15 is 0 Å². The summed E-state index contributed by atoms with van der Waals surface area (Å²) in [6.07, 6.45) is 4.02. The monoisotopic (exact) mass is 302 g/mol. The average Bonchev–Trinajstić information content (AvgIpc) is 2.53. The fraction of sp³-hybridized carbons (Fsp3) is 0.500. The molecule has 0 aromatic heterocycles. The third kappa shape index (κ3) is 2.88. The molecule has 0 radical (unpaired) electrons. The molecule has 3 atom stereocenters. The Bertz CT molecular complexity index is 605. The largest absolute Gasteiger partial charge is 0.493 e. The smallest absolute Gasteiger partial charge is 0.207 e. The van der Waals surface area contributed by atoms with Gasteiger partial charge < -0.3 is 14.2 Å². The third-order valence-corrected chi connectivity index (χ3v) is 4.57. The zero-order valence-electron chi connectivity index (χ0n) is 13.3. The molecule has 2 aliphatic rings. The van der Waals surface area contributed by atoms with E-state index in [9.17, 15) is 4.79 Å². The van der Waals surface area contributed by atoms with Crippen LogP contribution < -0.4 is 4.74 Å². The second-order valence-corrected chi connectivity index (χ2v) is 6.17. The lowest BCUT2D eigenvalue weighted by Crippen LogP contribution is -2.42. The van der Waals surface area contributed by atoms with Gasteiger partial charge in [0.05, 0.1) is 12.0 Å². The van der Waals surface area contributed by atoms with Gasteiger partial charge in [0.15, 0.2) is 0 Å². The summed E-state index contributed by atoms with van der Waals surface area (Å²) in [4.78, 5) is 12.6. The van der Waals surface area contributed by atoms with E-state index in [4.69, 9.17) is 14.2 Å². The predicted molar refractivity (Wildman–Crippen MR) is 82.6 cm³/mol. The van der Waals surface area contributed by atoms with E-state index in [0.717, 1.165) is 30.4 Å². The number of hydrogen-bond acceptors (Lipinski definition) is 4. The molecule has 0 N–H and O–H groups in total. The van der Waals surface area contributed by atoms with Crippen molar-refractivity contribution in [3.05, 3.63) is 41.3 Å². The number of carbonyl (C=O) groups excluding carboxylic acids is 1. The van der Waals surface area contributed by atoms with Gasteiger partial charge in [-0.3, -0.25) is 4.79 Å². The van der Waals surface area contributed by atoms with Crippen LogP contribution in [-0.4, -0.2) is 25.1 Å². The number of carbonyl (C=O) groups is 1. The molecule has 1 heterocycles. The van der Waals surface area contributed by atoms with Crippen LogP contribution >= 0.6 is 0 Å². The number of hydrogen-bond donors (Lipinski definition) is 0. The van der Waals surface area contributed by atoms with Crippen molar-refractivity contribution in [2.75, 3.05) is 7.11 Å². The highest BCUT2D eigenvalue weighted by molar-refractivity contribution is 5.96. The molecule has 4 heteroatoms. The lowest BCUT2D eigenvalue weighted by atomic mass is 9.80. The maximum absolute atomic E-state index is 12.6. The second kappa shape index (κ2) is 6.13. The van der Waals surface area contributed by atoms with E-state index < -0.39 is 0 Å². The molecule has 0 spiro atoms. The maximum Gasteiger partial charge on any atom is 0.207 e. The van der Waals surface area contributed by atoms with Gasteiger partial charge in [0.25, 0.3) is 0 Å². The molecule has 4 nitrogen and oxygen atoms in total. The minimum atomic E-state index is -0.114. The molecule has 0 saturated heterocycles. The van der Waals surface area contributed by atoms with Crippen molar-refractivity contribution in [1.29, 1.82) is 0 Å². The van der Waals surface area contributed by atoms with Crippen molar-refractivity contribution >= 4 is 5.78 Å². The van der Waals surface area contributed by atoms with Crippen LogP contribution in [-0.2, 0) is 14.3 Å². The molecule has 118 valence electrons. The fourth-order valence-corrected chi connectivity index (χ4v) is 3.16. The van der Waals surface area contributed by atoms with Crippen molar-refractivity contribution in [1.82, 2.24) is 0 Å². The van der Waals surface area contributed by atoms with Gasteiger partial charge in [-0.1, -0.05) is 12.1 Å². The lowest BCUT2D eigenvalue weighted by molar-refractivity contribution is -0.133. The van der Waals surface area contributed by atoms with Crippen LogP contribution in [0.2, 0.25) is 0 Å². The topological polar surface area (TPSA) is 44.8 Å². The summed E-state index contributed by atoms with van der Waals surface area (Å²) in [6, 6.07) is 5.96. The first-order chi connectivity index (χ1) is 10.6. The van der Waals surface area contributed by atoms with E-state index in [2.05, 4.69) is 0 Å². The lowest BCUT2D eigenvalue weighted by Gasteiger charge is -2.36. The normalized spacial score (nSPS) is 27.7. The molecule has 1 fully saturated rings.